The fourth-order valence-electron chi connectivity index (χ4n) is 3.30. The van der Waals surface area contributed by atoms with Gasteiger partial charge in [-0.1, -0.05) is 62.6 Å². The number of phenolic OH excluding ortho intramolecular Hbond substituents is 1. The predicted octanol–water partition coefficient (Wildman–Crippen LogP) is 6.56. The SMILES string of the molecule is C1CC1.CC.CN(CCCNc1cc(-c2ccccc2O)cc2c(Br)cnn12)S(=O)(=O)c1ccc(O)s1. The van der Waals surface area contributed by atoms with Crippen LogP contribution in [0.5, 0.6) is 10.8 Å². The van der Waals surface area contributed by atoms with Crippen LogP contribution in [-0.4, -0.2) is 52.7 Å². The molecule has 0 unspecified atom stereocenters. The van der Waals surface area contributed by atoms with Gasteiger partial charge in [-0.15, -0.1) is 0 Å². The molecule has 200 valence electrons. The van der Waals surface area contributed by atoms with Gasteiger partial charge in [-0.05, 0) is 58.2 Å². The van der Waals surface area contributed by atoms with Crippen molar-refractivity contribution in [2.45, 2.75) is 43.7 Å². The second-order valence-electron chi connectivity index (χ2n) is 8.20. The van der Waals surface area contributed by atoms with E-state index in [2.05, 4.69) is 26.3 Å². The minimum absolute atomic E-state index is 0.0302. The maximum Gasteiger partial charge on any atom is 0.252 e. The number of anilines is 1. The molecule has 0 radical (unpaired) electrons. The highest BCUT2D eigenvalue weighted by molar-refractivity contribution is 9.10. The number of phenols is 1. The molecule has 1 aliphatic rings. The van der Waals surface area contributed by atoms with E-state index in [0.717, 1.165) is 32.7 Å². The maximum atomic E-state index is 12.6. The topological polar surface area (TPSA) is 107 Å². The normalized spacial score (nSPS) is 12.5. The van der Waals surface area contributed by atoms with Gasteiger partial charge in [-0.25, -0.2) is 17.2 Å². The monoisotopic (exact) mass is 608 g/mol. The van der Waals surface area contributed by atoms with Crippen LogP contribution < -0.4 is 5.32 Å². The second kappa shape index (κ2) is 13.3. The Morgan fingerprint density at radius 3 is 2.43 bits per heavy atom. The van der Waals surface area contributed by atoms with Crippen LogP contribution in [-0.2, 0) is 10.0 Å². The molecule has 0 aliphatic heterocycles. The van der Waals surface area contributed by atoms with Gasteiger partial charge in [-0.3, -0.25) is 0 Å². The molecule has 0 atom stereocenters. The zero-order chi connectivity index (χ0) is 27.0. The molecule has 1 fully saturated rings. The van der Waals surface area contributed by atoms with Gasteiger partial charge in [0.25, 0.3) is 10.0 Å². The number of fused-ring (bicyclic) bond motifs is 1. The predicted molar refractivity (Wildman–Crippen MR) is 154 cm³/mol. The highest BCUT2D eigenvalue weighted by Crippen LogP contribution is 2.33. The van der Waals surface area contributed by atoms with Crippen molar-refractivity contribution in [2.75, 3.05) is 25.5 Å². The van der Waals surface area contributed by atoms with Gasteiger partial charge in [0.1, 0.15) is 15.8 Å². The molecule has 0 amide bonds. The summed E-state index contributed by atoms with van der Waals surface area (Å²) in [6.07, 6.45) is 6.75. The van der Waals surface area contributed by atoms with Gasteiger partial charge in [0.05, 0.1) is 16.2 Å². The molecular formula is C26H33BrN4O4S2. The van der Waals surface area contributed by atoms with Crippen molar-refractivity contribution in [1.29, 1.82) is 0 Å². The van der Waals surface area contributed by atoms with Crippen LogP contribution in [0.2, 0.25) is 0 Å². The molecule has 3 aromatic heterocycles. The number of aromatic hydroxyl groups is 2. The number of hydrogen-bond acceptors (Lipinski definition) is 7. The summed E-state index contributed by atoms with van der Waals surface area (Å²) in [5.41, 5.74) is 2.37. The maximum absolute atomic E-state index is 12.6. The summed E-state index contributed by atoms with van der Waals surface area (Å²) < 4.78 is 29.1. The van der Waals surface area contributed by atoms with E-state index in [1.807, 2.05) is 38.1 Å². The van der Waals surface area contributed by atoms with Crippen molar-refractivity contribution in [3.8, 4) is 21.9 Å². The first-order chi connectivity index (χ1) is 17.8. The number of halogens is 1. The Morgan fingerprint density at radius 1 is 1.11 bits per heavy atom. The third-order valence-electron chi connectivity index (χ3n) is 5.33. The van der Waals surface area contributed by atoms with Crippen molar-refractivity contribution in [2.24, 2.45) is 0 Å². The number of nitrogens with one attached hydrogen (secondary N) is 1. The van der Waals surface area contributed by atoms with Gasteiger partial charge in [0, 0.05) is 25.7 Å². The Hall–Kier alpha value is -2.60. The number of pyridine rings is 1. The molecule has 8 nitrogen and oxygen atoms in total. The molecule has 4 aromatic rings. The summed E-state index contributed by atoms with van der Waals surface area (Å²) >= 11 is 4.35. The number of benzene rings is 1. The fraction of sp³-hybridized carbons (Fsp3) is 0.346. The molecule has 1 aromatic carbocycles. The zero-order valence-electron chi connectivity index (χ0n) is 21.2. The van der Waals surface area contributed by atoms with Crippen molar-refractivity contribution in [3.05, 3.63) is 59.2 Å². The molecule has 3 N–H and O–H groups in total. The summed E-state index contributed by atoms with van der Waals surface area (Å²) in [6.45, 7) is 4.81. The Balaban J connectivity index is 0.000000694. The van der Waals surface area contributed by atoms with Crippen LogP contribution in [0.4, 0.5) is 5.82 Å². The Kier molecular flexibility index (Phi) is 10.4. The quantitative estimate of drug-likeness (QED) is 0.196. The number of sulfonamides is 1. The summed E-state index contributed by atoms with van der Waals surface area (Å²) in [5, 5.41) is 27.4. The molecule has 0 saturated heterocycles. The smallest absolute Gasteiger partial charge is 0.252 e. The minimum Gasteiger partial charge on any atom is -0.507 e. The fourth-order valence-corrected chi connectivity index (χ4v) is 6.13. The molecule has 1 aliphatic carbocycles. The van der Waals surface area contributed by atoms with Gasteiger partial charge in [0.2, 0.25) is 0 Å². The lowest BCUT2D eigenvalue weighted by Gasteiger charge is -2.17. The van der Waals surface area contributed by atoms with E-state index in [1.165, 1.54) is 42.7 Å². The van der Waals surface area contributed by atoms with Crippen LogP contribution in [0.15, 0.2) is 63.4 Å². The molecule has 3 heterocycles. The highest BCUT2D eigenvalue weighted by atomic mass is 79.9. The van der Waals surface area contributed by atoms with Crippen molar-refractivity contribution in [1.82, 2.24) is 13.9 Å². The van der Waals surface area contributed by atoms with Crippen molar-refractivity contribution in [3.63, 3.8) is 0 Å². The van der Waals surface area contributed by atoms with E-state index in [-0.39, 0.29) is 15.0 Å². The van der Waals surface area contributed by atoms with Crippen molar-refractivity contribution < 1.29 is 18.6 Å². The highest BCUT2D eigenvalue weighted by Gasteiger charge is 2.22. The molecule has 0 bridgehead atoms. The second-order valence-corrected chi connectivity index (χ2v) is 12.4. The van der Waals surface area contributed by atoms with E-state index in [4.69, 9.17) is 0 Å². The third-order valence-corrected chi connectivity index (χ3v) is 9.15. The summed E-state index contributed by atoms with van der Waals surface area (Å²) in [6, 6.07) is 13.7. The number of hydrogen-bond donors (Lipinski definition) is 3. The van der Waals surface area contributed by atoms with Crippen LogP contribution in [0.1, 0.15) is 39.5 Å². The molecule has 1 saturated carbocycles. The van der Waals surface area contributed by atoms with Gasteiger partial charge in [-0.2, -0.15) is 5.10 Å². The lowest BCUT2D eigenvalue weighted by atomic mass is 10.1. The summed E-state index contributed by atoms with van der Waals surface area (Å²) in [4.78, 5) is 0. The first kappa shape index (κ1) is 29.0. The number of nitrogens with zero attached hydrogens (tertiary/aromatic N) is 3. The number of aromatic nitrogens is 2. The number of rotatable bonds is 8. The van der Waals surface area contributed by atoms with Gasteiger partial charge in [0.15, 0.2) is 5.06 Å². The molecule has 5 rings (SSSR count). The van der Waals surface area contributed by atoms with Crippen LogP contribution in [0, 0.1) is 0 Å². The summed E-state index contributed by atoms with van der Waals surface area (Å²) in [5.74, 6) is 0.907. The average Bonchev–Trinajstić information content (AvgIpc) is 3.65. The first-order valence-corrected chi connectivity index (χ1v) is 15.3. The standard InChI is InChI=1S/C21H21BrN4O4S2.C3H6.C2H6/c1-25(32(29,30)21-8-7-20(28)31-21)10-4-9-23-19-12-14(15-5-2-3-6-18(15)27)11-17-16(22)13-24-26(17)19;1-2-3-1;1-2/h2-3,5-8,11-13,23,27-28H,4,9-10H2,1H3;1-3H2;1-2H3. The summed E-state index contributed by atoms with van der Waals surface area (Å²) in [7, 11) is -2.11. The van der Waals surface area contributed by atoms with Crippen molar-refractivity contribution >= 4 is 48.6 Å². The minimum atomic E-state index is -3.63. The number of para-hydroxylation sites is 1. The first-order valence-electron chi connectivity index (χ1n) is 12.2. The van der Waals surface area contributed by atoms with Crippen LogP contribution >= 0.6 is 27.3 Å². The van der Waals surface area contributed by atoms with E-state index < -0.39 is 10.0 Å². The van der Waals surface area contributed by atoms with Crippen LogP contribution in [0.25, 0.3) is 16.6 Å². The van der Waals surface area contributed by atoms with E-state index in [0.29, 0.717) is 25.1 Å². The van der Waals surface area contributed by atoms with Gasteiger partial charge < -0.3 is 15.5 Å². The Morgan fingerprint density at radius 2 is 1.81 bits per heavy atom. The molecule has 37 heavy (non-hydrogen) atoms. The van der Waals surface area contributed by atoms with E-state index in [9.17, 15) is 18.6 Å². The molecule has 0 spiro atoms. The number of thiophene rings is 1. The van der Waals surface area contributed by atoms with Crippen LogP contribution in [0.3, 0.4) is 0 Å². The Labute approximate surface area is 230 Å². The lowest BCUT2D eigenvalue weighted by molar-refractivity contribution is 0.467. The van der Waals surface area contributed by atoms with E-state index >= 15 is 0 Å². The lowest BCUT2D eigenvalue weighted by Crippen LogP contribution is -2.28. The zero-order valence-corrected chi connectivity index (χ0v) is 24.4. The van der Waals surface area contributed by atoms with Gasteiger partial charge >= 0.3 is 0 Å². The third kappa shape index (κ3) is 7.47. The largest absolute Gasteiger partial charge is 0.507 e. The van der Waals surface area contributed by atoms with E-state index in [1.54, 1.807) is 22.8 Å². The Bertz CT molecular complexity index is 1410. The average molecular weight is 610 g/mol. The molecular weight excluding hydrogens is 576 g/mol. The molecule has 11 heteroatoms.